The molecule has 3 rings (SSSR count). The van der Waals surface area contributed by atoms with Gasteiger partial charge in [0, 0.05) is 46.8 Å². The summed E-state index contributed by atoms with van der Waals surface area (Å²) in [6.07, 6.45) is 0. The minimum absolute atomic E-state index is 0.00388. The van der Waals surface area contributed by atoms with Crippen LogP contribution in [-0.2, 0) is 23.1 Å². The summed E-state index contributed by atoms with van der Waals surface area (Å²) in [6, 6.07) is 13.9. The van der Waals surface area contributed by atoms with Crippen molar-refractivity contribution in [2.24, 2.45) is 0 Å². The number of benzene rings is 3. The lowest BCUT2D eigenvalue weighted by Crippen LogP contribution is -2.33. The Morgan fingerprint density at radius 1 is 0.778 bits per heavy atom. The number of methoxy groups -OCH3 is 4. The van der Waals surface area contributed by atoms with E-state index in [0.29, 0.717) is 34.1 Å². The van der Waals surface area contributed by atoms with Gasteiger partial charge in [0.1, 0.15) is 23.0 Å². The number of hydrogen-bond acceptors (Lipinski definition) is 8. The van der Waals surface area contributed by atoms with Gasteiger partial charge in [-0.2, -0.15) is 4.31 Å². The van der Waals surface area contributed by atoms with Crippen molar-refractivity contribution in [1.29, 1.82) is 0 Å². The van der Waals surface area contributed by atoms with Gasteiger partial charge < -0.3 is 29.0 Å². The molecule has 0 aliphatic heterocycles. The predicted octanol–water partition coefficient (Wildman–Crippen LogP) is 2.45. The highest BCUT2D eigenvalue weighted by Crippen LogP contribution is 2.32. The first-order valence-electron chi connectivity index (χ1n) is 10.7. The highest BCUT2D eigenvalue weighted by Gasteiger charge is 2.29. The average Bonchev–Trinajstić information content (AvgIpc) is 2.88. The van der Waals surface area contributed by atoms with Crippen molar-refractivity contribution in [3.63, 3.8) is 0 Å². The SMILES string of the molecule is COc1ccc(CN(Cc2ccc(OC)cc2OC)S(=O)(=O)c2ccc(B(O)O)c(Cl)c2)c(OC)c1. The molecule has 3 aromatic rings. The minimum Gasteiger partial charge on any atom is -0.497 e. The van der Waals surface area contributed by atoms with E-state index in [9.17, 15) is 18.5 Å². The maximum absolute atomic E-state index is 13.8. The average molecular weight is 536 g/mol. The summed E-state index contributed by atoms with van der Waals surface area (Å²) < 4.78 is 50.4. The highest BCUT2D eigenvalue weighted by atomic mass is 35.5. The van der Waals surface area contributed by atoms with Crippen molar-refractivity contribution in [2.45, 2.75) is 18.0 Å². The van der Waals surface area contributed by atoms with Gasteiger partial charge in [-0.05, 0) is 24.3 Å². The summed E-state index contributed by atoms with van der Waals surface area (Å²) in [7, 11) is 0.0608. The van der Waals surface area contributed by atoms with Gasteiger partial charge in [0.05, 0.1) is 33.3 Å². The van der Waals surface area contributed by atoms with Crippen LogP contribution in [0.2, 0.25) is 5.02 Å². The third-order valence-electron chi connectivity index (χ3n) is 5.57. The van der Waals surface area contributed by atoms with Gasteiger partial charge in [0.2, 0.25) is 10.0 Å². The van der Waals surface area contributed by atoms with Crippen molar-refractivity contribution in [2.75, 3.05) is 28.4 Å². The molecule has 0 radical (unpaired) electrons. The second kappa shape index (κ2) is 11.9. The van der Waals surface area contributed by atoms with E-state index in [2.05, 4.69) is 0 Å². The Balaban J connectivity index is 2.10. The molecule has 0 fully saturated rings. The molecule has 0 amide bonds. The molecule has 0 unspecified atom stereocenters. The van der Waals surface area contributed by atoms with Gasteiger partial charge in [-0.1, -0.05) is 29.8 Å². The fourth-order valence-corrected chi connectivity index (χ4v) is 5.36. The molecule has 0 atom stereocenters. The van der Waals surface area contributed by atoms with E-state index >= 15 is 0 Å². The summed E-state index contributed by atoms with van der Waals surface area (Å²) in [5.74, 6) is 2.03. The fraction of sp³-hybridized carbons (Fsp3) is 0.250. The van der Waals surface area contributed by atoms with Crippen molar-refractivity contribution in [3.05, 3.63) is 70.7 Å². The summed E-state index contributed by atoms with van der Waals surface area (Å²) in [5, 5.41) is 18.8. The molecule has 192 valence electrons. The van der Waals surface area contributed by atoms with E-state index < -0.39 is 17.1 Å². The third-order valence-corrected chi connectivity index (χ3v) is 7.68. The molecule has 36 heavy (non-hydrogen) atoms. The van der Waals surface area contributed by atoms with E-state index in [1.165, 1.54) is 50.9 Å². The quantitative estimate of drug-likeness (QED) is 0.360. The molecule has 12 heteroatoms. The van der Waals surface area contributed by atoms with Crippen LogP contribution in [0.3, 0.4) is 0 Å². The zero-order valence-corrected chi connectivity index (χ0v) is 21.8. The van der Waals surface area contributed by atoms with E-state index in [0.717, 1.165) is 0 Å². The molecule has 0 saturated heterocycles. The minimum atomic E-state index is -4.13. The smallest absolute Gasteiger partial charge is 0.489 e. The summed E-state index contributed by atoms with van der Waals surface area (Å²) in [4.78, 5) is -0.114. The number of nitrogens with zero attached hydrogens (tertiary/aromatic N) is 1. The largest absolute Gasteiger partial charge is 0.497 e. The maximum atomic E-state index is 13.8. The van der Waals surface area contributed by atoms with Gasteiger partial charge in [-0.15, -0.1) is 0 Å². The van der Waals surface area contributed by atoms with Crippen molar-refractivity contribution >= 4 is 34.2 Å². The maximum Gasteiger partial charge on any atom is 0.489 e. The molecule has 9 nitrogen and oxygen atoms in total. The van der Waals surface area contributed by atoms with Crippen LogP contribution in [0.4, 0.5) is 0 Å². The van der Waals surface area contributed by atoms with Gasteiger partial charge in [0.25, 0.3) is 0 Å². The molecular weight excluding hydrogens is 509 g/mol. The Bertz CT molecular complexity index is 1260. The molecule has 0 bridgehead atoms. The van der Waals surface area contributed by atoms with Crippen LogP contribution in [0.5, 0.6) is 23.0 Å². The molecule has 0 aliphatic rings. The van der Waals surface area contributed by atoms with Crippen LogP contribution >= 0.6 is 11.6 Å². The first-order valence-corrected chi connectivity index (χ1v) is 12.5. The van der Waals surface area contributed by atoms with Crippen molar-refractivity contribution < 1.29 is 37.4 Å². The van der Waals surface area contributed by atoms with E-state index in [4.69, 9.17) is 30.5 Å². The number of sulfonamides is 1. The van der Waals surface area contributed by atoms with Crippen LogP contribution in [-0.4, -0.2) is 58.3 Å². The van der Waals surface area contributed by atoms with Crippen molar-refractivity contribution in [3.8, 4) is 23.0 Å². The lowest BCUT2D eigenvalue weighted by Gasteiger charge is -2.25. The number of rotatable bonds is 11. The standard InChI is InChI=1S/C24H27BClNO8S/c1-32-18-7-5-16(23(11-18)34-3)14-27(15-17-6-8-19(33-2)12-24(17)35-4)36(30,31)20-9-10-21(25(28)29)22(26)13-20/h5-13,28-29H,14-15H2,1-4H3. The molecule has 0 heterocycles. The Labute approximate surface area is 215 Å². The normalized spacial score (nSPS) is 11.3. The van der Waals surface area contributed by atoms with Crippen LogP contribution in [0.1, 0.15) is 11.1 Å². The molecule has 0 aliphatic carbocycles. The molecule has 3 aromatic carbocycles. The molecule has 0 saturated carbocycles. The summed E-state index contributed by atoms with van der Waals surface area (Å²) in [6.45, 7) is -0.0979. The van der Waals surface area contributed by atoms with Crippen molar-refractivity contribution in [1.82, 2.24) is 4.31 Å². The van der Waals surface area contributed by atoms with Gasteiger partial charge in [-0.25, -0.2) is 8.42 Å². The summed E-state index contributed by atoms with van der Waals surface area (Å²) in [5.41, 5.74) is 1.20. The summed E-state index contributed by atoms with van der Waals surface area (Å²) >= 11 is 6.15. The van der Waals surface area contributed by atoms with Crippen LogP contribution in [0.25, 0.3) is 0 Å². The van der Waals surface area contributed by atoms with Gasteiger partial charge >= 0.3 is 7.12 Å². The molecule has 2 N–H and O–H groups in total. The third kappa shape index (κ3) is 6.05. The Kier molecular flexibility index (Phi) is 9.10. The lowest BCUT2D eigenvalue weighted by atomic mass is 9.80. The monoisotopic (exact) mass is 535 g/mol. The second-order valence-electron chi connectivity index (χ2n) is 7.69. The van der Waals surface area contributed by atoms with E-state index in [1.807, 2.05) is 0 Å². The Morgan fingerprint density at radius 3 is 1.67 bits per heavy atom. The number of ether oxygens (including phenoxy) is 4. The zero-order valence-electron chi connectivity index (χ0n) is 20.3. The first kappa shape index (κ1) is 27.6. The molecule has 0 aromatic heterocycles. The molecule has 0 spiro atoms. The van der Waals surface area contributed by atoms with Gasteiger partial charge in [-0.3, -0.25) is 0 Å². The number of hydrogen-bond donors (Lipinski definition) is 2. The second-order valence-corrected chi connectivity index (χ2v) is 10.0. The van der Waals surface area contributed by atoms with E-state index in [1.54, 1.807) is 36.4 Å². The lowest BCUT2D eigenvalue weighted by molar-refractivity contribution is 0.358. The van der Waals surface area contributed by atoms with E-state index in [-0.39, 0.29) is 28.5 Å². The number of halogens is 1. The predicted molar refractivity (Wildman–Crippen MR) is 137 cm³/mol. The van der Waals surface area contributed by atoms with Gasteiger partial charge in [0.15, 0.2) is 0 Å². The first-order chi connectivity index (χ1) is 17.1. The highest BCUT2D eigenvalue weighted by molar-refractivity contribution is 7.89. The fourth-order valence-electron chi connectivity index (χ4n) is 3.60. The van der Waals surface area contributed by atoms with Crippen LogP contribution < -0.4 is 24.4 Å². The zero-order chi connectivity index (χ0) is 26.5. The topological polar surface area (TPSA) is 115 Å². The molecular formula is C24H27BClNO8S. The Morgan fingerprint density at radius 2 is 1.28 bits per heavy atom. The van der Waals surface area contributed by atoms with Crippen LogP contribution in [0.15, 0.2) is 59.5 Å². The van der Waals surface area contributed by atoms with Crippen LogP contribution in [0, 0.1) is 0 Å². The Hall–Kier alpha value is -2.96.